The van der Waals surface area contributed by atoms with Gasteiger partial charge in [-0.1, -0.05) is 72.3 Å². The standard InChI is InChI=1S/C28H28ClN3O/c1-20-27(24-9-5-6-10-25(24)30-20)26(33)19-31-15-17-32(18-16-31)28(21-7-3-2-4-8-21)22-11-13-23(29)14-12-22/h2-14,28,30H,15-19H2,1H3. The number of Topliss-reactive ketones (excluding diaryl/α,β-unsaturated/α-hetero) is 1. The number of aromatic nitrogens is 1. The van der Waals surface area contributed by atoms with Gasteiger partial charge >= 0.3 is 0 Å². The zero-order valence-corrected chi connectivity index (χ0v) is 19.6. The van der Waals surface area contributed by atoms with Crippen molar-refractivity contribution in [1.82, 2.24) is 14.8 Å². The van der Waals surface area contributed by atoms with Crippen molar-refractivity contribution in [2.24, 2.45) is 0 Å². The summed E-state index contributed by atoms with van der Waals surface area (Å²) in [5, 5.41) is 1.77. The van der Waals surface area contributed by atoms with Crippen LogP contribution in [0.1, 0.15) is 33.2 Å². The summed E-state index contributed by atoms with van der Waals surface area (Å²) >= 11 is 6.15. The summed E-state index contributed by atoms with van der Waals surface area (Å²) in [4.78, 5) is 21.4. The maximum Gasteiger partial charge on any atom is 0.179 e. The number of nitrogens with zero attached hydrogens (tertiary/aromatic N) is 2. The van der Waals surface area contributed by atoms with E-state index in [0.717, 1.165) is 53.4 Å². The normalized spacial score (nSPS) is 16.2. The summed E-state index contributed by atoms with van der Waals surface area (Å²) in [5.74, 6) is 0.190. The van der Waals surface area contributed by atoms with Crippen molar-refractivity contribution in [3.05, 3.63) is 106 Å². The lowest BCUT2D eigenvalue weighted by molar-refractivity contribution is 0.0809. The van der Waals surface area contributed by atoms with Crippen molar-refractivity contribution in [2.75, 3.05) is 32.7 Å². The van der Waals surface area contributed by atoms with Gasteiger partial charge in [0, 0.05) is 53.4 Å². The van der Waals surface area contributed by atoms with Crippen LogP contribution in [-0.4, -0.2) is 53.3 Å². The van der Waals surface area contributed by atoms with Gasteiger partial charge in [-0.25, -0.2) is 0 Å². The Labute approximate surface area is 199 Å². The Bertz CT molecular complexity index is 1240. The van der Waals surface area contributed by atoms with Gasteiger partial charge in [0.1, 0.15) is 0 Å². The molecule has 0 spiro atoms. The van der Waals surface area contributed by atoms with Crippen molar-refractivity contribution < 1.29 is 4.79 Å². The number of carbonyl (C=O) groups is 1. The number of fused-ring (bicyclic) bond motifs is 1. The molecule has 33 heavy (non-hydrogen) atoms. The predicted molar refractivity (Wildman–Crippen MR) is 135 cm³/mol. The van der Waals surface area contributed by atoms with Crippen LogP contribution in [0.15, 0.2) is 78.9 Å². The van der Waals surface area contributed by atoms with E-state index in [4.69, 9.17) is 11.6 Å². The van der Waals surface area contributed by atoms with Crippen LogP contribution < -0.4 is 0 Å². The van der Waals surface area contributed by atoms with Crippen LogP contribution in [0.4, 0.5) is 0 Å². The Hall–Kier alpha value is -2.92. The van der Waals surface area contributed by atoms with E-state index in [1.807, 2.05) is 43.3 Å². The first-order valence-electron chi connectivity index (χ1n) is 11.5. The SMILES string of the molecule is Cc1[nH]c2ccccc2c1C(=O)CN1CCN(C(c2ccccc2)c2ccc(Cl)cc2)CC1. The highest BCUT2D eigenvalue weighted by molar-refractivity contribution is 6.30. The van der Waals surface area contributed by atoms with Crippen LogP contribution in [0.2, 0.25) is 5.02 Å². The summed E-state index contributed by atoms with van der Waals surface area (Å²) < 4.78 is 0. The van der Waals surface area contributed by atoms with Crippen LogP contribution in [0.25, 0.3) is 10.9 Å². The van der Waals surface area contributed by atoms with Crippen LogP contribution in [0, 0.1) is 6.92 Å². The number of hydrogen-bond acceptors (Lipinski definition) is 3. The molecule has 2 heterocycles. The molecule has 0 bridgehead atoms. The molecular weight excluding hydrogens is 430 g/mol. The van der Waals surface area contributed by atoms with Crippen molar-refractivity contribution in [3.8, 4) is 0 Å². The van der Waals surface area contributed by atoms with Gasteiger partial charge in [0.15, 0.2) is 5.78 Å². The van der Waals surface area contributed by atoms with E-state index < -0.39 is 0 Å². The Balaban J connectivity index is 1.30. The van der Waals surface area contributed by atoms with E-state index in [2.05, 4.69) is 57.2 Å². The highest BCUT2D eigenvalue weighted by Crippen LogP contribution is 2.30. The second-order valence-electron chi connectivity index (χ2n) is 8.77. The number of aryl methyl sites for hydroxylation is 1. The molecule has 1 atom stereocenters. The molecule has 5 heteroatoms. The second kappa shape index (κ2) is 9.52. The van der Waals surface area contributed by atoms with Crippen LogP contribution >= 0.6 is 11.6 Å². The fourth-order valence-electron chi connectivity index (χ4n) is 4.99. The summed E-state index contributed by atoms with van der Waals surface area (Å²) in [6.07, 6.45) is 0. The molecule has 1 aliphatic rings. The molecule has 1 fully saturated rings. The molecule has 1 aliphatic heterocycles. The van der Waals surface area contributed by atoms with Crippen molar-refractivity contribution in [3.63, 3.8) is 0 Å². The van der Waals surface area contributed by atoms with E-state index >= 15 is 0 Å². The van der Waals surface area contributed by atoms with Crippen LogP contribution in [0.5, 0.6) is 0 Å². The minimum atomic E-state index is 0.178. The highest BCUT2D eigenvalue weighted by atomic mass is 35.5. The lowest BCUT2D eigenvalue weighted by atomic mass is 9.96. The molecule has 3 aromatic carbocycles. The number of nitrogens with one attached hydrogen (secondary N) is 1. The molecule has 0 saturated carbocycles. The number of carbonyl (C=O) groups excluding carboxylic acids is 1. The minimum Gasteiger partial charge on any atom is -0.358 e. The van der Waals surface area contributed by atoms with Crippen molar-refractivity contribution in [1.29, 1.82) is 0 Å². The topological polar surface area (TPSA) is 39.3 Å². The van der Waals surface area contributed by atoms with E-state index in [9.17, 15) is 4.79 Å². The van der Waals surface area contributed by atoms with Crippen molar-refractivity contribution in [2.45, 2.75) is 13.0 Å². The Kier molecular flexibility index (Phi) is 6.32. The summed E-state index contributed by atoms with van der Waals surface area (Å²) in [5.41, 5.74) is 5.32. The van der Waals surface area contributed by atoms with Gasteiger partial charge in [-0.05, 0) is 36.2 Å². The number of rotatable bonds is 6. The fourth-order valence-corrected chi connectivity index (χ4v) is 5.12. The second-order valence-corrected chi connectivity index (χ2v) is 9.21. The smallest absolute Gasteiger partial charge is 0.179 e. The summed E-state index contributed by atoms with van der Waals surface area (Å²) in [6, 6.07) is 27.0. The van der Waals surface area contributed by atoms with Crippen molar-refractivity contribution >= 4 is 28.3 Å². The maximum absolute atomic E-state index is 13.2. The number of benzene rings is 3. The van der Waals surface area contributed by atoms with Gasteiger partial charge in [-0.15, -0.1) is 0 Å². The average Bonchev–Trinajstić information content (AvgIpc) is 3.18. The van der Waals surface area contributed by atoms with E-state index in [-0.39, 0.29) is 11.8 Å². The first kappa shape index (κ1) is 21.9. The molecule has 4 aromatic rings. The third-order valence-electron chi connectivity index (χ3n) is 6.61. The molecule has 5 rings (SSSR count). The zero-order valence-electron chi connectivity index (χ0n) is 18.8. The molecule has 1 saturated heterocycles. The van der Waals surface area contributed by atoms with E-state index in [1.54, 1.807) is 0 Å². The minimum absolute atomic E-state index is 0.178. The zero-order chi connectivity index (χ0) is 22.8. The largest absolute Gasteiger partial charge is 0.358 e. The van der Waals surface area contributed by atoms with E-state index in [0.29, 0.717) is 6.54 Å². The molecule has 4 nitrogen and oxygen atoms in total. The quantitative estimate of drug-likeness (QED) is 0.376. The Morgan fingerprint density at radius 3 is 2.24 bits per heavy atom. The third-order valence-corrected chi connectivity index (χ3v) is 6.86. The first-order valence-corrected chi connectivity index (χ1v) is 11.9. The Morgan fingerprint density at radius 1 is 0.879 bits per heavy atom. The number of hydrogen-bond donors (Lipinski definition) is 1. The Morgan fingerprint density at radius 2 is 1.52 bits per heavy atom. The average molecular weight is 458 g/mol. The molecule has 0 aliphatic carbocycles. The van der Waals surface area contributed by atoms with Gasteiger partial charge in [0.25, 0.3) is 0 Å². The summed E-state index contributed by atoms with van der Waals surface area (Å²) in [6.45, 7) is 5.98. The first-order chi connectivity index (χ1) is 16.1. The monoisotopic (exact) mass is 457 g/mol. The van der Waals surface area contributed by atoms with Crippen LogP contribution in [-0.2, 0) is 0 Å². The van der Waals surface area contributed by atoms with Gasteiger partial charge in [-0.3, -0.25) is 14.6 Å². The molecular formula is C28H28ClN3O. The lowest BCUT2D eigenvalue weighted by Gasteiger charge is -2.39. The number of aromatic amines is 1. The third kappa shape index (κ3) is 4.60. The molecule has 168 valence electrons. The molecule has 1 N–H and O–H groups in total. The van der Waals surface area contributed by atoms with Gasteiger partial charge < -0.3 is 4.98 Å². The number of H-pyrrole nitrogens is 1. The summed E-state index contributed by atoms with van der Waals surface area (Å²) in [7, 11) is 0. The number of piperazine rings is 1. The number of para-hydroxylation sites is 1. The molecule has 0 radical (unpaired) electrons. The number of halogens is 1. The molecule has 1 aromatic heterocycles. The fraction of sp³-hybridized carbons (Fsp3) is 0.250. The molecule has 0 amide bonds. The van der Waals surface area contributed by atoms with Gasteiger partial charge in [0.2, 0.25) is 0 Å². The number of ketones is 1. The van der Waals surface area contributed by atoms with Gasteiger partial charge in [0.05, 0.1) is 12.6 Å². The van der Waals surface area contributed by atoms with Gasteiger partial charge in [-0.2, -0.15) is 0 Å². The van der Waals surface area contributed by atoms with E-state index in [1.165, 1.54) is 11.1 Å². The maximum atomic E-state index is 13.2. The highest BCUT2D eigenvalue weighted by Gasteiger charge is 2.28. The predicted octanol–water partition coefficient (Wildman–Crippen LogP) is 5.72. The lowest BCUT2D eigenvalue weighted by Crippen LogP contribution is -2.49. The molecule has 1 unspecified atom stereocenters. The van der Waals surface area contributed by atoms with Crippen LogP contribution in [0.3, 0.4) is 0 Å².